The van der Waals surface area contributed by atoms with E-state index in [0.717, 1.165) is 11.4 Å². The molecule has 2 heterocycles. The Morgan fingerprint density at radius 2 is 1.86 bits per heavy atom. The van der Waals surface area contributed by atoms with Crippen molar-refractivity contribution < 1.29 is 9.59 Å². The normalized spacial score (nSPS) is 22.4. The quantitative estimate of drug-likeness (QED) is 0.818. The maximum absolute atomic E-state index is 12.7. The SMILES string of the molecule is O=C(NCc1cc(C2CC2)n(C2CCCC2)n1)[C@H]1CC(=O)N(c2ccccc2)C1. The molecule has 0 unspecified atom stereocenters. The molecular formula is C23H28N4O2. The van der Waals surface area contributed by atoms with E-state index in [0.29, 0.717) is 25.0 Å². The van der Waals surface area contributed by atoms with Crippen LogP contribution in [-0.2, 0) is 16.1 Å². The van der Waals surface area contributed by atoms with Gasteiger partial charge in [0.05, 0.1) is 24.2 Å². The van der Waals surface area contributed by atoms with E-state index in [1.165, 1.54) is 44.2 Å². The summed E-state index contributed by atoms with van der Waals surface area (Å²) in [5.74, 6) is 0.306. The molecule has 1 N–H and O–H groups in total. The third kappa shape index (κ3) is 3.80. The van der Waals surface area contributed by atoms with Gasteiger partial charge in [0.25, 0.3) is 0 Å². The Morgan fingerprint density at radius 3 is 2.59 bits per heavy atom. The second-order valence-electron chi connectivity index (χ2n) is 8.68. The summed E-state index contributed by atoms with van der Waals surface area (Å²) in [6.45, 7) is 0.882. The van der Waals surface area contributed by atoms with E-state index >= 15 is 0 Å². The minimum atomic E-state index is -0.303. The lowest BCUT2D eigenvalue weighted by Crippen LogP contribution is -2.32. The molecule has 1 saturated heterocycles. The molecule has 0 radical (unpaired) electrons. The first-order valence-corrected chi connectivity index (χ1v) is 10.9. The van der Waals surface area contributed by atoms with Crippen LogP contribution < -0.4 is 10.2 Å². The maximum Gasteiger partial charge on any atom is 0.227 e. The highest BCUT2D eigenvalue weighted by Gasteiger charge is 2.35. The highest BCUT2D eigenvalue weighted by atomic mass is 16.2. The molecule has 1 aromatic carbocycles. The fourth-order valence-electron chi connectivity index (χ4n) is 4.74. The highest BCUT2D eigenvalue weighted by molar-refractivity contribution is 6.00. The van der Waals surface area contributed by atoms with Crippen molar-refractivity contribution in [3.05, 3.63) is 47.8 Å². The summed E-state index contributed by atoms with van der Waals surface area (Å²) in [6.07, 6.45) is 7.78. The van der Waals surface area contributed by atoms with Crippen molar-refractivity contribution in [2.75, 3.05) is 11.4 Å². The molecule has 2 aromatic rings. The minimum absolute atomic E-state index is 0.0119. The lowest BCUT2D eigenvalue weighted by molar-refractivity contribution is -0.126. The Hall–Kier alpha value is -2.63. The largest absolute Gasteiger partial charge is 0.350 e. The van der Waals surface area contributed by atoms with Crippen LogP contribution in [0.3, 0.4) is 0 Å². The van der Waals surface area contributed by atoms with Crippen LogP contribution in [0.25, 0.3) is 0 Å². The number of hydrogen-bond acceptors (Lipinski definition) is 3. The zero-order chi connectivity index (χ0) is 19.8. The Kier molecular flexibility index (Phi) is 4.86. The topological polar surface area (TPSA) is 67.2 Å². The number of anilines is 1. The number of para-hydroxylation sites is 1. The molecule has 6 heteroatoms. The fraction of sp³-hybridized carbons (Fsp3) is 0.522. The standard InChI is InChI=1S/C23H28N4O2/c28-22-12-17(15-26(22)19-6-2-1-3-7-19)23(29)24-14-18-13-21(16-10-11-16)27(25-18)20-8-4-5-9-20/h1-3,6-7,13,16-17,20H,4-5,8-12,14-15H2,(H,24,29)/t17-/m0/s1. The van der Waals surface area contributed by atoms with E-state index in [2.05, 4.69) is 16.1 Å². The molecule has 6 nitrogen and oxygen atoms in total. The number of carbonyl (C=O) groups excluding carboxylic acids is 2. The number of amides is 2. The van der Waals surface area contributed by atoms with Crippen LogP contribution in [0.15, 0.2) is 36.4 Å². The van der Waals surface area contributed by atoms with E-state index in [1.807, 2.05) is 30.3 Å². The maximum atomic E-state index is 12.7. The molecule has 29 heavy (non-hydrogen) atoms. The lowest BCUT2D eigenvalue weighted by Gasteiger charge is -2.16. The Bertz CT molecular complexity index is 897. The van der Waals surface area contributed by atoms with Crippen LogP contribution >= 0.6 is 0 Å². The molecule has 0 spiro atoms. The predicted molar refractivity (Wildman–Crippen MR) is 110 cm³/mol. The van der Waals surface area contributed by atoms with E-state index in [-0.39, 0.29) is 24.2 Å². The van der Waals surface area contributed by atoms with Gasteiger partial charge < -0.3 is 10.2 Å². The van der Waals surface area contributed by atoms with Gasteiger partial charge in [0.1, 0.15) is 0 Å². The van der Waals surface area contributed by atoms with Gasteiger partial charge in [0.15, 0.2) is 0 Å². The van der Waals surface area contributed by atoms with Crippen molar-refractivity contribution in [3.63, 3.8) is 0 Å². The van der Waals surface area contributed by atoms with E-state index < -0.39 is 0 Å². The van der Waals surface area contributed by atoms with Crippen molar-refractivity contribution >= 4 is 17.5 Å². The average molecular weight is 393 g/mol. The summed E-state index contributed by atoms with van der Waals surface area (Å²) in [5, 5.41) is 7.88. The molecule has 2 aliphatic carbocycles. The van der Waals surface area contributed by atoms with Gasteiger partial charge in [0, 0.05) is 30.3 Å². The summed E-state index contributed by atoms with van der Waals surface area (Å²) in [6, 6.07) is 12.3. The smallest absolute Gasteiger partial charge is 0.227 e. The first kappa shape index (κ1) is 18.4. The monoisotopic (exact) mass is 392 g/mol. The number of nitrogens with one attached hydrogen (secondary N) is 1. The van der Waals surface area contributed by atoms with Crippen LogP contribution in [0.2, 0.25) is 0 Å². The van der Waals surface area contributed by atoms with Crippen LogP contribution in [0.4, 0.5) is 5.69 Å². The summed E-state index contributed by atoms with van der Waals surface area (Å²) >= 11 is 0. The number of aromatic nitrogens is 2. The summed E-state index contributed by atoms with van der Waals surface area (Å²) in [7, 11) is 0. The van der Waals surface area contributed by atoms with Gasteiger partial charge in [-0.3, -0.25) is 14.3 Å². The number of benzene rings is 1. The van der Waals surface area contributed by atoms with Gasteiger partial charge in [0.2, 0.25) is 11.8 Å². The van der Waals surface area contributed by atoms with Crippen molar-refractivity contribution in [2.45, 2.75) is 63.5 Å². The zero-order valence-corrected chi connectivity index (χ0v) is 16.7. The average Bonchev–Trinajstić information content (AvgIpc) is 3.14. The van der Waals surface area contributed by atoms with Gasteiger partial charge in [-0.05, 0) is 43.9 Å². The molecule has 3 fully saturated rings. The first-order valence-electron chi connectivity index (χ1n) is 10.9. The molecular weight excluding hydrogens is 364 g/mol. The number of rotatable bonds is 6. The summed E-state index contributed by atoms with van der Waals surface area (Å²) < 4.78 is 2.25. The zero-order valence-electron chi connectivity index (χ0n) is 16.7. The van der Waals surface area contributed by atoms with Gasteiger partial charge in [-0.25, -0.2) is 0 Å². The predicted octanol–water partition coefficient (Wildman–Crippen LogP) is 3.54. The van der Waals surface area contributed by atoms with Gasteiger partial charge in [-0.15, -0.1) is 0 Å². The molecule has 5 rings (SSSR count). The third-order valence-electron chi connectivity index (χ3n) is 6.49. The van der Waals surface area contributed by atoms with Gasteiger partial charge in [-0.1, -0.05) is 31.0 Å². The summed E-state index contributed by atoms with van der Waals surface area (Å²) in [5.41, 5.74) is 3.15. The lowest BCUT2D eigenvalue weighted by atomic mass is 10.1. The molecule has 0 bridgehead atoms. The number of hydrogen-bond donors (Lipinski definition) is 1. The van der Waals surface area contributed by atoms with Crippen LogP contribution in [0.1, 0.15) is 68.3 Å². The Morgan fingerprint density at radius 1 is 1.10 bits per heavy atom. The number of nitrogens with zero attached hydrogens (tertiary/aromatic N) is 3. The van der Waals surface area contributed by atoms with Crippen LogP contribution in [-0.4, -0.2) is 28.1 Å². The second-order valence-corrected chi connectivity index (χ2v) is 8.68. The first-order chi connectivity index (χ1) is 14.2. The molecule has 2 saturated carbocycles. The fourth-order valence-corrected chi connectivity index (χ4v) is 4.74. The van der Waals surface area contributed by atoms with Crippen molar-refractivity contribution in [2.24, 2.45) is 5.92 Å². The van der Waals surface area contributed by atoms with Gasteiger partial charge in [-0.2, -0.15) is 5.10 Å². The number of carbonyl (C=O) groups is 2. The Balaban J connectivity index is 1.22. The van der Waals surface area contributed by atoms with Gasteiger partial charge >= 0.3 is 0 Å². The van der Waals surface area contributed by atoms with Crippen LogP contribution in [0, 0.1) is 5.92 Å². The van der Waals surface area contributed by atoms with E-state index in [4.69, 9.17) is 5.10 Å². The van der Waals surface area contributed by atoms with E-state index in [9.17, 15) is 9.59 Å². The van der Waals surface area contributed by atoms with Crippen molar-refractivity contribution in [3.8, 4) is 0 Å². The molecule has 1 aromatic heterocycles. The minimum Gasteiger partial charge on any atom is -0.350 e. The molecule has 2 amide bonds. The molecule has 1 atom stereocenters. The molecule has 1 aliphatic heterocycles. The Labute approximate surface area is 171 Å². The van der Waals surface area contributed by atoms with Crippen molar-refractivity contribution in [1.29, 1.82) is 0 Å². The third-order valence-corrected chi connectivity index (χ3v) is 6.49. The van der Waals surface area contributed by atoms with E-state index in [1.54, 1.807) is 4.90 Å². The highest BCUT2D eigenvalue weighted by Crippen LogP contribution is 2.43. The van der Waals surface area contributed by atoms with Crippen molar-refractivity contribution in [1.82, 2.24) is 15.1 Å². The second kappa shape index (κ2) is 7.65. The molecule has 152 valence electrons. The summed E-state index contributed by atoms with van der Waals surface area (Å²) in [4.78, 5) is 26.8. The van der Waals surface area contributed by atoms with Crippen LogP contribution in [0.5, 0.6) is 0 Å². The molecule has 3 aliphatic rings.